The van der Waals surface area contributed by atoms with Gasteiger partial charge >= 0.3 is 5.63 Å². The average Bonchev–Trinajstić information content (AvgIpc) is 2.77. The molecular formula is C25H24N2O2S. The molecule has 0 radical (unpaired) electrons. The van der Waals surface area contributed by atoms with Crippen molar-refractivity contribution in [1.29, 1.82) is 0 Å². The first kappa shape index (κ1) is 20.2. The minimum absolute atomic E-state index is 0.357. The van der Waals surface area contributed by atoms with Crippen molar-refractivity contribution in [3.63, 3.8) is 0 Å². The molecule has 0 aliphatic rings. The van der Waals surface area contributed by atoms with Crippen LogP contribution in [0, 0.1) is 0 Å². The lowest BCUT2D eigenvalue weighted by atomic mass is 9.99. The van der Waals surface area contributed by atoms with Gasteiger partial charge in [-0.3, -0.25) is 0 Å². The first-order chi connectivity index (χ1) is 14.5. The van der Waals surface area contributed by atoms with E-state index >= 15 is 0 Å². The van der Waals surface area contributed by atoms with Gasteiger partial charge in [-0.1, -0.05) is 68.1 Å². The standard InChI is InChI=1S/C25H24N2O2S/c1-3-16(2)17-8-11-20(12-9-17)27-25(26)30-15-19-14-23(28)29-22-13-10-18-6-4-5-7-21(18)24(19)22/h4-14,16H,3,15H2,1-2H3,(H2,26,27)/t16-/m1/s1. The fourth-order valence-corrected chi connectivity index (χ4v) is 4.26. The number of hydrogen-bond acceptors (Lipinski definition) is 4. The lowest BCUT2D eigenvalue weighted by Gasteiger charge is -2.09. The third-order valence-electron chi connectivity index (χ3n) is 5.40. The molecule has 0 amide bonds. The molecule has 152 valence electrons. The molecule has 5 heteroatoms. The normalized spacial score (nSPS) is 13.1. The molecule has 0 bridgehead atoms. The Hall–Kier alpha value is -3.05. The predicted molar refractivity (Wildman–Crippen MR) is 128 cm³/mol. The zero-order chi connectivity index (χ0) is 21.1. The number of rotatable bonds is 5. The number of nitrogens with zero attached hydrogens (tertiary/aromatic N) is 1. The van der Waals surface area contributed by atoms with E-state index in [1.807, 2.05) is 42.5 Å². The molecule has 0 aliphatic carbocycles. The molecule has 3 aromatic carbocycles. The Morgan fingerprint density at radius 3 is 2.63 bits per heavy atom. The summed E-state index contributed by atoms with van der Waals surface area (Å²) in [6, 6.07) is 21.7. The van der Waals surface area contributed by atoms with Crippen LogP contribution in [0.15, 0.2) is 80.9 Å². The Balaban J connectivity index is 1.61. The number of thioether (sulfide) groups is 1. The van der Waals surface area contributed by atoms with Crippen LogP contribution in [0.25, 0.3) is 21.7 Å². The van der Waals surface area contributed by atoms with Crippen LogP contribution in [-0.2, 0) is 5.75 Å². The second-order valence-corrected chi connectivity index (χ2v) is 8.39. The number of amidine groups is 1. The predicted octanol–water partition coefficient (Wildman–Crippen LogP) is 6.34. The van der Waals surface area contributed by atoms with Gasteiger partial charge in [-0.15, -0.1) is 0 Å². The highest BCUT2D eigenvalue weighted by molar-refractivity contribution is 8.13. The summed E-state index contributed by atoms with van der Waals surface area (Å²) in [5, 5.41) is 3.58. The van der Waals surface area contributed by atoms with Crippen molar-refractivity contribution in [3.05, 3.63) is 88.3 Å². The Kier molecular flexibility index (Phi) is 5.91. The number of benzene rings is 3. The summed E-state index contributed by atoms with van der Waals surface area (Å²) in [6.45, 7) is 4.40. The fourth-order valence-electron chi connectivity index (χ4n) is 3.56. The molecule has 0 fully saturated rings. The minimum Gasteiger partial charge on any atom is -0.423 e. The quantitative estimate of drug-likeness (QED) is 0.178. The third-order valence-corrected chi connectivity index (χ3v) is 6.25. The summed E-state index contributed by atoms with van der Waals surface area (Å²) >= 11 is 1.42. The van der Waals surface area contributed by atoms with Crippen LogP contribution in [0.5, 0.6) is 0 Å². The van der Waals surface area contributed by atoms with Gasteiger partial charge in [-0.05, 0) is 52.4 Å². The zero-order valence-electron chi connectivity index (χ0n) is 17.1. The summed E-state index contributed by atoms with van der Waals surface area (Å²) < 4.78 is 5.43. The second-order valence-electron chi connectivity index (χ2n) is 7.39. The first-order valence-corrected chi connectivity index (χ1v) is 11.0. The Labute approximate surface area is 179 Å². The molecule has 1 atom stereocenters. The molecule has 0 unspecified atom stereocenters. The van der Waals surface area contributed by atoms with E-state index in [0.29, 0.717) is 22.4 Å². The van der Waals surface area contributed by atoms with Gasteiger partial charge in [-0.2, -0.15) is 0 Å². The molecular weight excluding hydrogens is 392 g/mol. The van der Waals surface area contributed by atoms with Gasteiger partial charge in [0.15, 0.2) is 5.17 Å². The molecule has 0 aliphatic heterocycles. The Bertz CT molecular complexity index is 1280. The van der Waals surface area contributed by atoms with E-state index in [4.69, 9.17) is 10.2 Å². The van der Waals surface area contributed by atoms with E-state index in [1.165, 1.54) is 17.3 Å². The van der Waals surface area contributed by atoms with Crippen LogP contribution in [0.3, 0.4) is 0 Å². The zero-order valence-corrected chi connectivity index (χ0v) is 17.9. The van der Waals surface area contributed by atoms with Gasteiger partial charge in [0.1, 0.15) is 5.58 Å². The molecule has 0 saturated heterocycles. The van der Waals surface area contributed by atoms with Gasteiger partial charge in [0.2, 0.25) is 0 Å². The third kappa shape index (κ3) is 4.26. The Morgan fingerprint density at radius 2 is 1.87 bits per heavy atom. The second kappa shape index (κ2) is 8.76. The summed E-state index contributed by atoms with van der Waals surface area (Å²) in [7, 11) is 0. The molecule has 4 rings (SSSR count). The van der Waals surface area contributed by atoms with E-state index in [1.54, 1.807) is 6.07 Å². The fraction of sp³-hybridized carbons (Fsp3) is 0.200. The van der Waals surface area contributed by atoms with Crippen molar-refractivity contribution in [2.45, 2.75) is 31.9 Å². The van der Waals surface area contributed by atoms with E-state index in [9.17, 15) is 4.79 Å². The van der Waals surface area contributed by atoms with E-state index < -0.39 is 0 Å². The van der Waals surface area contributed by atoms with Crippen molar-refractivity contribution in [1.82, 2.24) is 0 Å². The van der Waals surface area contributed by atoms with E-state index in [2.05, 4.69) is 37.0 Å². The SMILES string of the molecule is CC[C@@H](C)c1ccc(N=C(N)SCc2cc(=O)oc3ccc4ccccc4c23)cc1. The number of aliphatic imine (C=N–C) groups is 1. The number of fused-ring (bicyclic) bond motifs is 3. The molecule has 2 N–H and O–H groups in total. The highest BCUT2D eigenvalue weighted by Crippen LogP contribution is 2.30. The molecule has 0 saturated carbocycles. The molecule has 30 heavy (non-hydrogen) atoms. The molecule has 1 heterocycles. The van der Waals surface area contributed by atoms with Crippen molar-refractivity contribution in [2.75, 3.05) is 0 Å². The van der Waals surface area contributed by atoms with Crippen molar-refractivity contribution < 1.29 is 4.42 Å². The van der Waals surface area contributed by atoms with Crippen molar-refractivity contribution >= 4 is 44.4 Å². The lowest BCUT2D eigenvalue weighted by Crippen LogP contribution is -2.07. The molecule has 1 aromatic heterocycles. The summed E-state index contributed by atoms with van der Waals surface area (Å²) in [5.74, 6) is 1.07. The van der Waals surface area contributed by atoms with E-state index in [0.717, 1.165) is 33.8 Å². The van der Waals surface area contributed by atoms with Crippen LogP contribution in [0.2, 0.25) is 0 Å². The summed E-state index contributed by atoms with van der Waals surface area (Å²) in [5.41, 5.74) is 9.45. The van der Waals surface area contributed by atoms with Gasteiger partial charge in [0, 0.05) is 17.2 Å². The maximum atomic E-state index is 12.1. The number of hydrogen-bond donors (Lipinski definition) is 1. The first-order valence-electron chi connectivity index (χ1n) is 10.1. The number of nitrogens with two attached hydrogens (primary N) is 1. The van der Waals surface area contributed by atoms with Crippen LogP contribution >= 0.6 is 11.8 Å². The molecule has 4 nitrogen and oxygen atoms in total. The largest absolute Gasteiger partial charge is 0.423 e. The maximum absolute atomic E-state index is 12.1. The van der Waals surface area contributed by atoms with Gasteiger partial charge in [0.25, 0.3) is 0 Å². The van der Waals surface area contributed by atoms with Crippen LogP contribution in [-0.4, -0.2) is 5.17 Å². The van der Waals surface area contributed by atoms with Crippen molar-refractivity contribution in [3.8, 4) is 0 Å². The van der Waals surface area contributed by atoms with Gasteiger partial charge < -0.3 is 10.2 Å². The van der Waals surface area contributed by atoms with Crippen LogP contribution in [0.1, 0.15) is 37.3 Å². The molecule has 0 spiro atoms. The monoisotopic (exact) mass is 416 g/mol. The lowest BCUT2D eigenvalue weighted by molar-refractivity contribution is 0.560. The summed E-state index contributed by atoms with van der Waals surface area (Å²) in [4.78, 5) is 16.6. The van der Waals surface area contributed by atoms with Gasteiger partial charge in [-0.25, -0.2) is 9.79 Å². The van der Waals surface area contributed by atoms with Gasteiger partial charge in [0.05, 0.1) is 5.69 Å². The smallest absolute Gasteiger partial charge is 0.336 e. The minimum atomic E-state index is -0.357. The molecule has 4 aromatic rings. The topological polar surface area (TPSA) is 68.6 Å². The van der Waals surface area contributed by atoms with Crippen LogP contribution < -0.4 is 11.4 Å². The van der Waals surface area contributed by atoms with E-state index in [-0.39, 0.29) is 5.63 Å². The maximum Gasteiger partial charge on any atom is 0.336 e. The highest BCUT2D eigenvalue weighted by Gasteiger charge is 2.10. The summed E-state index contributed by atoms with van der Waals surface area (Å²) in [6.07, 6.45) is 1.11. The average molecular weight is 417 g/mol. The Morgan fingerprint density at radius 1 is 1.10 bits per heavy atom. The highest BCUT2D eigenvalue weighted by atomic mass is 32.2. The van der Waals surface area contributed by atoms with Crippen LogP contribution in [0.4, 0.5) is 5.69 Å². The van der Waals surface area contributed by atoms with Crippen molar-refractivity contribution in [2.24, 2.45) is 10.7 Å².